The van der Waals surface area contributed by atoms with Crippen LogP contribution in [0, 0.1) is 13.8 Å². The molecule has 0 fully saturated rings. The zero-order valence-corrected chi connectivity index (χ0v) is 26.7. The van der Waals surface area contributed by atoms with E-state index < -0.39 is 12.6 Å². The van der Waals surface area contributed by atoms with Crippen LogP contribution in [0.15, 0.2) is 65.8 Å². The van der Waals surface area contributed by atoms with Crippen LogP contribution in [-0.4, -0.2) is 74.3 Å². The first kappa shape index (κ1) is 34.4. The average molecular weight is 604 g/mol. The molecule has 0 bridgehead atoms. The molecule has 0 spiro atoms. The van der Waals surface area contributed by atoms with E-state index in [1.165, 1.54) is 5.56 Å². The first-order chi connectivity index (χ1) is 21.2. The van der Waals surface area contributed by atoms with Gasteiger partial charge >= 0.3 is 0 Å². The molecule has 8 nitrogen and oxygen atoms in total. The fraction of sp³-hybridized carbons (Fsp3) is 0.400. The summed E-state index contributed by atoms with van der Waals surface area (Å²) in [5.41, 5.74) is 7.75. The summed E-state index contributed by atoms with van der Waals surface area (Å²) >= 11 is 0. The quantitative estimate of drug-likeness (QED) is 0.109. The maximum Gasteiger partial charge on any atom is 0.273 e. The summed E-state index contributed by atoms with van der Waals surface area (Å²) in [6.45, 7) is 12.9. The minimum absolute atomic E-state index is 0.200. The molecule has 236 valence electrons. The van der Waals surface area contributed by atoms with Gasteiger partial charge in [-0.1, -0.05) is 44.2 Å². The number of benzene rings is 3. The fourth-order valence-electron chi connectivity index (χ4n) is 4.62. The number of likely N-dealkylation sites (N-methyl/N-ethyl adjacent to an activating group) is 2. The number of amides is 2. The van der Waals surface area contributed by atoms with Crippen molar-refractivity contribution >= 4 is 23.7 Å². The number of hydrogen-bond acceptors (Lipinski definition) is 6. The van der Waals surface area contributed by atoms with Crippen molar-refractivity contribution in [3.63, 3.8) is 0 Å². The normalized spacial score (nSPS) is 11.4. The Morgan fingerprint density at radius 1 is 0.932 bits per heavy atom. The van der Waals surface area contributed by atoms with E-state index >= 15 is 0 Å². The number of rotatable bonds is 17. The van der Waals surface area contributed by atoms with Gasteiger partial charge in [0, 0.05) is 25.2 Å². The van der Waals surface area contributed by atoms with Crippen molar-refractivity contribution in [2.45, 2.75) is 47.1 Å². The zero-order valence-electron chi connectivity index (χ0n) is 26.7. The van der Waals surface area contributed by atoms with Crippen molar-refractivity contribution in [3.05, 3.63) is 94.0 Å². The van der Waals surface area contributed by atoms with Gasteiger partial charge in [0.25, 0.3) is 11.8 Å². The topological polar surface area (TPSA) is 86.3 Å². The highest BCUT2D eigenvalue weighted by Gasteiger charge is 2.17. The Labute approximate surface area is 261 Å². The predicted octanol–water partition coefficient (Wildman–Crippen LogP) is 6.22. The molecule has 3 aromatic carbocycles. The number of unbranched alkanes of at least 4 members (excludes halogenated alkanes) is 1. The van der Waals surface area contributed by atoms with Gasteiger partial charge in [-0.2, -0.15) is 5.10 Å². The lowest BCUT2D eigenvalue weighted by atomic mass is 10.1. The molecule has 0 radical (unpaired) electrons. The molecule has 0 aromatic heterocycles. The van der Waals surface area contributed by atoms with Crippen LogP contribution in [0.5, 0.6) is 5.75 Å². The van der Waals surface area contributed by atoms with E-state index in [1.807, 2.05) is 50.2 Å². The lowest BCUT2D eigenvalue weighted by Gasteiger charge is -2.23. The van der Waals surface area contributed by atoms with E-state index in [2.05, 4.69) is 46.5 Å². The van der Waals surface area contributed by atoms with Gasteiger partial charge in [-0.15, -0.1) is 0 Å². The molecule has 0 aliphatic carbocycles. The molecule has 3 rings (SSSR count). The molecule has 0 heterocycles. The largest absolute Gasteiger partial charge is 0.494 e. The van der Waals surface area contributed by atoms with E-state index in [-0.39, 0.29) is 11.5 Å². The third-order valence-electron chi connectivity index (χ3n) is 7.53. The van der Waals surface area contributed by atoms with E-state index in [4.69, 9.17) is 4.74 Å². The molecule has 0 aliphatic heterocycles. The number of anilines is 1. The van der Waals surface area contributed by atoms with Crippen LogP contribution < -0.4 is 15.5 Å². The number of halogens is 1. The summed E-state index contributed by atoms with van der Waals surface area (Å²) in [6.07, 6.45) is 2.53. The third-order valence-corrected chi connectivity index (χ3v) is 7.53. The molecule has 0 unspecified atom stereocenters. The summed E-state index contributed by atoms with van der Waals surface area (Å²) in [5, 5.41) is 7.02. The van der Waals surface area contributed by atoms with Gasteiger partial charge in [0.15, 0.2) is 0 Å². The van der Waals surface area contributed by atoms with Crippen molar-refractivity contribution in [1.82, 2.24) is 15.2 Å². The Bertz CT molecular complexity index is 1410. The fourth-order valence-corrected chi connectivity index (χ4v) is 4.62. The highest BCUT2D eigenvalue weighted by Crippen LogP contribution is 2.24. The van der Waals surface area contributed by atoms with E-state index in [0.29, 0.717) is 43.0 Å². The van der Waals surface area contributed by atoms with Crippen molar-refractivity contribution in [1.29, 1.82) is 0 Å². The summed E-state index contributed by atoms with van der Waals surface area (Å²) in [7, 11) is 2.07. The summed E-state index contributed by atoms with van der Waals surface area (Å²) < 4.78 is 18.2. The second kappa shape index (κ2) is 17.9. The van der Waals surface area contributed by atoms with E-state index in [1.54, 1.807) is 30.5 Å². The Morgan fingerprint density at radius 3 is 2.45 bits per heavy atom. The Balaban J connectivity index is 1.74. The number of carbonyl (C=O) groups excluding carboxylic acids is 2. The molecule has 9 heteroatoms. The van der Waals surface area contributed by atoms with Gasteiger partial charge in [-0.3, -0.25) is 14.0 Å². The van der Waals surface area contributed by atoms with Crippen LogP contribution in [0.4, 0.5) is 10.1 Å². The predicted molar refractivity (Wildman–Crippen MR) is 177 cm³/mol. The van der Waals surface area contributed by atoms with Crippen LogP contribution in [0.1, 0.15) is 69.7 Å². The molecule has 0 aliphatic rings. The number of carbonyl (C=O) groups is 2. The molecule has 0 atom stereocenters. The molecular formula is C35H46FN5O3. The average Bonchev–Trinajstić information content (AvgIpc) is 3.02. The zero-order chi connectivity index (χ0) is 31.9. The molecule has 2 N–H and O–H groups in total. The lowest BCUT2D eigenvalue weighted by molar-refractivity contribution is 0.0955. The van der Waals surface area contributed by atoms with Gasteiger partial charge in [-0.05, 0) is 99.4 Å². The van der Waals surface area contributed by atoms with Crippen LogP contribution in [0.25, 0.3) is 0 Å². The van der Waals surface area contributed by atoms with Crippen LogP contribution in [-0.2, 0) is 6.54 Å². The number of nitrogens with zero attached hydrogens (tertiary/aromatic N) is 3. The van der Waals surface area contributed by atoms with Crippen molar-refractivity contribution in [3.8, 4) is 5.75 Å². The minimum atomic E-state index is -0.502. The van der Waals surface area contributed by atoms with Gasteiger partial charge in [0.1, 0.15) is 5.75 Å². The molecule has 44 heavy (non-hydrogen) atoms. The first-order valence-electron chi connectivity index (χ1n) is 15.3. The van der Waals surface area contributed by atoms with Crippen molar-refractivity contribution in [2.75, 3.05) is 51.8 Å². The monoisotopic (exact) mass is 603 g/mol. The van der Waals surface area contributed by atoms with Gasteiger partial charge in [-0.25, -0.2) is 5.43 Å². The summed E-state index contributed by atoms with van der Waals surface area (Å²) in [5.74, 6) is -0.389. The summed E-state index contributed by atoms with van der Waals surface area (Å²) in [4.78, 5) is 31.2. The highest BCUT2D eigenvalue weighted by atomic mass is 19.1. The Kier molecular flexibility index (Phi) is 14.0. The number of hydrogen-bond donors (Lipinski definition) is 2. The van der Waals surface area contributed by atoms with E-state index in [0.717, 1.165) is 42.9 Å². The standard InChI is InChI=1S/C35H46FN5O3/c1-6-41(7-2)19-18-40(5)25-29-11-10-12-30(22-29)34(42)38-33-16-15-31(44-20-9-8-17-36)23-32(33)35(43)39-37-24-28-14-13-26(3)27(4)21-28/h10-16,21-24H,6-9,17-20,25H2,1-5H3,(H,38,42)(H,39,43)/b37-24+. The Morgan fingerprint density at radius 2 is 1.73 bits per heavy atom. The molecular weight excluding hydrogens is 557 g/mol. The summed E-state index contributed by atoms with van der Waals surface area (Å²) in [6, 6.07) is 18.3. The van der Waals surface area contributed by atoms with Crippen molar-refractivity contribution < 1.29 is 18.7 Å². The first-order valence-corrected chi connectivity index (χ1v) is 15.3. The van der Waals surface area contributed by atoms with Gasteiger partial charge < -0.3 is 19.9 Å². The smallest absolute Gasteiger partial charge is 0.273 e. The van der Waals surface area contributed by atoms with Crippen LogP contribution in [0.3, 0.4) is 0 Å². The molecule has 2 amide bonds. The minimum Gasteiger partial charge on any atom is -0.494 e. The molecule has 0 saturated carbocycles. The van der Waals surface area contributed by atoms with Gasteiger partial charge in [0.2, 0.25) is 0 Å². The Hall–Kier alpha value is -4.08. The third kappa shape index (κ3) is 10.9. The number of nitrogens with one attached hydrogen (secondary N) is 2. The number of alkyl halides is 1. The maximum absolute atomic E-state index is 13.3. The lowest BCUT2D eigenvalue weighted by Crippen LogP contribution is -2.32. The van der Waals surface area contributed by atoms with Crippen LogP contribution in [0.2, 0.25) is 0 Å². The number of ether oxygens (including phenoxy) is 1. The maximum atomic E-state index is 13.3. The van der Waals surface area contributed by atoms with Crippen molar-refractivity contribution in [2.24, 2.45) is 5.10 Å². The highest BCUT2D eigenvalue weighted by molar-refractivity contribution is 6.09. The second-order valence-electron chi connectivity index (χ2n) is 10.9. The second-order valence-corrected chi connectivity index (χ2v) is 10.9. The van der Waals surface area contributed by atoms with Crippen LogP contribution >= 0.6 is 0 Å². The molecule has 3 aromatic rings. The van der Waals surface area contributed by atoms with E-state index in [9.17, 15) is 14.0 Å². The van der Waals surface area contributed by atoms with Gasteiger partial charge in [0.05, 0.1) is 30.7 Å². The number of hydrazone groups is 1. The SMILES string of the molecule is CCN(CC)CCN(C)Cc1cccc(C(=O)Nc2ccc(OCCCCF)cc2C(=O)N/N=C/c2ccc(C)c(C)c2)c1. The molecule has 0 saturated heterocycles. The number of aryl methyl sites for hydroxylation is 2.